The molecule has 92 valence electrons. The van der Waals surface area contributed by atoms with E-state index in [2.05, 4.69) is 25.7 Å². The SMILES string of the molecule is CN(C)C(C#N)(O[Si](C)(C)C)c1ccccc1. The van der Waals surface area contributed by atoms with Crippen LogP contribution >= 0.6 is 0 Å². The third-order valence-corrected chi connectivity index (χ3v) is 3.31. The smallest absolute Gasteiger partial charge is 0.227 e. The fourth-order valence-electron chi connectivity index (χ4n) is 1.70. The lowest BCUT2D eigenvalue weighted by atomic mass is 10.0. The normalized spacial score (nSPS) is 15.4. The number of hydrogen-bond donors (Lipinski definition) is 0. The van der Waals surface area contributed by atoms with Gasteiger partial charge in [0.1, 0.15) is 6.07 Å². The van der Waals surface area contributed by atoms with Gasteiger partial charge < -0.3 is 4.43 Å². The van der Waals surface area contributed by atoms with Gasteiger partial charge in [0.05, 0.1) is 0 Å². The van der Waals surface area contributed by atoms with Gasteiger partial charge in [0, 0.05) is 5.56 Å². The van der Waals surface area contributed by atoms with Gasteiger partial charge in [-0.2, -0.15) is 5.26 Å². The van der Waals surface area contributed by atoms with E-state index in [-0.39, 0.29) is 0 Å². The molecule has 0 aromatic heterocycles. The van der Waals surface area contributed by atoms with Crippen LogP contribution in [0.5, 0.6) is 0 Å². The monoisotopic (exact) mass is 248 g/mol. The van der Waals surface area contributed by atoms with Crippen molar-refractivity contribution >= 4 is 8.32 Å². The number of nitrogens with zero attached hydrogens (tertiary/aromatic N) is 2. The van der Waals surface area contributed by atoms with Gasteiger partial charge in [-0.05, 0) is 33.7 Å². The maximum Gasteiger partial charge on any atom is 0.227 e. The van der Waals surface area contributed by atoms with Gasteiger partial charge >= 0.3 is 0 Å². The van der Waals surface area contributed by atoms with Crippen molar-refractivity contribution in [1.29, 1.82) is 5.26 Å². The molecule has 0 aliphatic heterocycles. The van der Waals surface area contributed by atoms with E-state index in [0.717, 1.165) is 5.56 Å². The van der Waals surface area contributed by atoms with Crippen LogP contribution < -0.4 is 0 Å². The molecule has 0 aliphatic rings. The average Bonchev–Trinajstić information content (AvgIpc) is 2.25. The number of rotatable bonds is 4. The van der Waals surface area contributed by atoms with Crippen molar-refractivity contribution in [3.63, 3.8) is 0 Å². The summed E-state index contributed by atoms with van der Waals surface area (Å²) in [5.74, 6) is 0. The molecule has 0 N–H and O–H groups in total. The fourth-order valence-corrected chi connectivity index (χ4v) is 2.94. The van der Waals surface area contributed by atoms with E-state index in [1.165, 1.54) is 0 Å². The van der Waals surface area contributed by atoms with Gasteiger partial charge in [-0.15, -0.1) is 0 Å². The molecule has 0 saturated heterocycles. The molecule has 0 bridgehead atoms. The van der Waals surface area contributed by atoms with E-state index in [1.807, 2.05) is 49.3 Å². The van der Waals surface area contributed by atoms with Crippen LogP contribution in [0.3, 0.4) is 0 Å². The van der Waals surface area contributed by atoms with E-state index in [1.54, 1.807) is 0 Å². The molecule has 0 spiro atoms. The third-order valence-electron chi connectivity index (χ3n) is 2.40. The minimum Gasteiger partial charge on any atom is -0.385 e. The first-order valence-electron chi connectivity index (χ1n) is 5.66. The first-order chi connectivity index (χ1) is 7.82. The van der Waals surface area contributed by atoms with E-state index < -0.39 is 14.0 Å². The van der Waals surface area contributed by atoms with Crippen molar-refractivity contribution in [3.05, 3.63) is 35.9 Å². The van der Waals surface area contributed by atoms with Crippen molar-refractivity contribution in [1.82, 2.24) is 4.90 Å². The summed E-state index contributed by atoms with van der Waals surface area (Å²) in [6.07, 6.45) is 0. The zero-order chi connectivity index (χ0) is 13.1. The van der Waals surface area contributed by atoms with E-state index in [0.29, 0.717) is 0 Å². The van der Waals surface area contributed by atoms with E-state index in [9.17, 15) is 5.26 Å². The largest absolute Gasteiger partial charge is 0.385 e. The van der Waals surface area contributed by atoms with Crippen LogP contribution in [0.25, 0.3) is 0 Å². The summed E-state index contributed by atoms with van der Waals surface area (Å²) in [7, 11) is 1.92. The lowest BCUT2D eigenvalue weighted by Crippen LogP contribution is -2.49. The van der Waals surface area contributed by atoms with E-state index in [4.69, 9.17) is 4.43 Å². The van der Waals surface area contributed by atoms with Crippen molar-refractivity contribution in [2.45, 2.75) is 25.4 Å². The van der Waals surface area contributed by atoms with Gasteiger partial charge in [0.15, 0.2) is 8.32 Å². The van der Waals surface area contributed by atoms with Crippen LogP contribution in [-0.2, 0) is 10.2 Å². The summed E-state index contributed by atoms with van der Waals surface area (Å²) in [6.45, 7) is 6.27. The third kappa shape index (κ3) is 3.16. The lowest BCUT2D eigenvalue weighted by molar-refractivity contribution is -0.0178. The molecule has 0 radical (unpaired) electrons. The maximum atomic E-state index is 9.57. The number of nitriles is 1. The summed E-state index contributed by atoms with van der Waals surface area (Å²) in [4.78, 5) is 1.83. The van der Waals surface area contributed by atoms with Gasteiger partial charge in [0.25, 0.3) is 0 Å². The zero-order valence-corrected chi connectivity index (χ0v) is 12.2. The fraction of sp³-hybridized carbons (Fsp3) is 0.462. The molecule has 4 heteroatoms. The summed E-state index contributed by atoms with van der Waals surface area (Å²) in [5.41, 5.74) is -0.0962. The van der Waals surface area contributed by atoms with Crippen molar-refractivity contribution in [2.75, 3.05) is 14.1 Å². The molecule has 1 rings (SSSR count). The highest BCUT2D eigenvalue weighted by Crippen LogP contribution is 2.30. The summed E-state index contributed by atoms with van der Waals surface area (Å²) in [6, 6.07) is 12.0. The highest BCUT2D eigenvalue weighted by Gasteiger charge is 2.40. The van der Waals surface area contributed by atoms with Gasteiger partial charge in [-0.25, -0.2) is 0 Å². The van der Waals surface area contributed by atoms with Gasteiger partial charge in [-0.3, -0.25) is 4.90 Å². The second kappa shape index (κ2) is 5.01. The Morgan fingerprint density at radius 1 is 1.18 bits per heavy atom. The Labute approximate surface area is 105 Å². The maximum absolute atomic E-state index is 9.57. The second-order valence-corrected chi connectivity index (χ2v) is 9.66. The predicted octanol–water partition coefficient (Wildman–Crippen LogP) is 2.78. The molecular formula is C13H20N2OSi. The molecule has 17 heavy (non-hydrogen) atoms. The minimum absolute atomic E-state index is 0.884. The molecular weight excluding hydrogens is 228 g/mol. The molecule has 1 unspecified atom stereocenters. The topological polar surface area (TPSA) is 36.3 Å². The Bertz CT molecular complexity index is 406. The highest BCUT2D eigenvalue weighted by molar-refractivity contribution is 6.69. The Morgan fingerprint density at radius 2 is 1.71 bits per heavy atom. The van der Waals surface area contributed by atoms with Crippen LogP contribution in [0.15, 0.2) is 30.3 Å². The Hall–Kier alpha value is -1.15. The summed E-state index contributed by atoms with van der Waals surface area (Å²) < 4.78 is 6.13. The first-order valence-corrected chi connectivity index (χ1v) is 9.07. The van der Waals surface area contributed by atoms with Crippen LogP contribution in [0.4, 0.5) is 0 Å². The van der Waals surface area contributed by atoms with Crippen molar-refractivity contribution in [3.8, 4) is 6.07 Å². The first kappa shape index (κ1) is 13.9. The lowest BCUT2D eigenvalue weighted by Gasteiger charge is -2.38. The molecule has 3 nitrogen and oxygen atoms in total. The molecule has 1 aromatic rings. The minimum atomic E-state index is -1.82. The van der Waals surface area contributed by atoms with Gasteiger partial charge in [0.2, 0.25) is 5.72 Å². The van der Waals surface area contributed by atoms with Crippen molar-refractivity contribution in [2.24, 2.45) is 0 Å². The summed E-state index contributed by atoms with van der Waals surface area (Å²) >= 11 is 0. The standard InChI is InChI=1S/C13H20N2OSi/c1-15(2)13(11-14,16-17(3,4)5)12-9-7-6-8-10-12/h6-10H,1-5H3. The van der Waals surface area contributed by atoms with Crippen LogP contribution in [0.2, 0.25) is 19.6 Å². The Kier molecular flexibility index (Phi) is 4.10. The summed E-state index contributed by atoms with van der Waals surface area (Å²) in [5, 5.41) is 9.57. The molecule has 1 atom stereocenters. The Morgan fingerprint density at radius 3 is 2.06 bits per heavy atom. The molecule has 0 aliphatic carbocycles. The highest BCUT2D eigenvalue weighted by atomic mass is 28.4. The molecule has 1 aromatic carbocycles. The van der Waals surface area contributed by atoms with Crippen LogP contribution in [0, 0.1) is 11.3 Å². The Balaban J connectivity index is 3.25. The van der Waals surface area contributed by atoms with Crippen LogP contribution in [0.1, 0.15) is 5.56 Å². The molecule has 0 fully saturated rings. The van der Waals surface area contributed by atoms with Crippen molar-refractivity contribution < 1.29 is 4.43 Å². The second-order valence-electron chi connectivity index (χ2n) is 5.23. The molecule has 0 amide bonds. The quantitative estimate of drug-likeness (QED) is 0.607. The molecule has 0 saturated carbocycles. The average molecular weight is 248 g/mol. The predicted molar refractivity (Wildman–Crippen MR) is 71.9 cm³/mol. The van der Waals surface area contributed by atoms with Crippen LogP contribution in [-0.4, -0.2) is 27.3 Å². The van der Waals surface area contributed by atoms with Gasteiger partial charge in [-0.1, -0.05) is 30.3 Å². The zero-order valence-electron chi connectivity index (χ0n) is 11.2. The number of benzene rings is 1. The van der Waals surface area contributed by atoms with E-state index >= 15 is 0 Å². The number of hydrogen-bond acceptors (Lipinski definition) is 3. The molecule has 0 heterocycles.